The van der Waals surface area contributed by atoms with Crippen LogP contribution in [0.2, 0.25) is 0 Å². The molecule has 1 unspecified atom stereocenters. The fourth-order valence-electron chi connectivity index (χ4n) is 2.34. The number of aromatic nitrogens is 2. The molecule has 2 heterocycles. The van der Waals surface area contributed by atoms with Gasteiger partial charge in [0, 0.05) is 6.20 Å². The summed E-state index contributed by atoms with van der Waals surface area (Å²) in [5.74, 6) is -1.70. The SMILES string of the molecule is Cc1cc(Br)c2nc(C)c(C(=O)NC(C(=O)O)C(C)C)n2c1. The number of halogens is 1. The topological polar surface area (TPSA) is 83.7 Å². The highest BCUT2D eigenvalue weighted by Crippen LogP contribution is 2.22. The molecule has 0 saturated heterocycles. The zero-order valence-electron chi connectivity index (χ0n) is 12.8. The highest BCUT2D eigenvalue weighted by molar-refractivity contribution is 9.10. The summed E-state index contributed by atoms with van der Waals surface area (Å²) in [6.07, 6.45) is 1.81. The minimum absolute atomic E-state index is 0.214. The molecule has 0 aliphatic rings. The van der Waals surface area contributed by atoms with Gasteiger partial charge in [-0.3, -0.25) is 9.20 Å². The number of imidazole rings is 1. The van der Waals surface area contributed by atoms with Crippen LogP contribution in [0.15, 0.2) is 16.7 Å². The predicted octanol–water partition coefficient (Wildman–Crippen LogP) is 2.55. The van der Waals surface area contributed by atoms with E-state index in [1.807, 2.05) is 13.0 Å². The van der Waals surface area contributed by atoms with Gasteiger partial charge >= 0.3 is 5.97 Å². The number of aryl methyl sites for hydroxylation is 2. The van der Waals surface area contributed by atoms with Gasteiger partial charge in [-0.1, -0.05) is 13.8 Å². The van der Waals surface area contributed by atoms with Crippen molar-refractivity contribution in [3.63, 3.8) is 0 Å². The average molecular weight is 368 g/mol. The molecule has 7 heteroatoms. The molecule has 2 rings (SSSR count). The quantitative estimate of drug-likeness (QED) is 0.869. The number of nitrogens with zero attached hydrogens (tertiary/aromatic N) is 2. The Morgan fingerprint density at radius 2 is 2.00 bits per heavy atom. The van der Waals surface area contributed by atoms with Crippen LogP contribution >= 0.6 is 15.9 Å². The summed E-state index contributed by atoms with van der Waals surface area (Å²) in [4.78, 5) is 28.2. The fraction of sp³-hybridized carbons (Fsp3) is 0.400. The number of carbonyl (C=O) groups excluding carboxylic acids is 1. The Kier molecular flexibility index (Phi) is 4.55. The van der Waals surface area contributed by atoms with E-state index in [-0.39, 0.29) is 5.92 Å². The summed E-state index contributed by atoms with van der Waals surface area (Å²) >= 11 is 3.43. The summed E-state index contributed by atoms with van der Waals surface area (Å²) in [7, 11) is 0. The standard InChI is InChI=1S/C15H18BrN3O3/c1-7(2)11(15(21)22)18-14(20)12-9(4)17-13-10(16)5-8(3)6-19(12)13/h5-7,11H,1-4H3,(H,18,20)(H,21,22). The van der Waals surface area contributed by atoms with Crippen molar-refractivity contribution >= 4 is 33.5 Å². The molecule has 118 valence electrons. The first-order chi connectivity index (χ1) is 10.2. The average Bonchev–Trinajstić information content (AvgIpc) is 2.71. The molecule has 2 aromatic heterocycles. The molecule has 2 N–H and O–H groups in total. The molecule has 0 saturated carbocycles. The molecule has 6 nitrogen and oxygen atoms in total. The summed E-state index contributed by atoms with van der Waals surface area (Å²) in [5.41, 5.74) is 2.50. The molecular weight excluding hydrogens is 350 g/mol. The van der Waals surface area contributed by atoms with E-state index in [4.69, 9.17) is 0 Å². The van der Waals surface area contributed by atoms with Crippen molar-refractivity contribution in [1.29, 1.82) is 0 Å². The van der Waals surface area contributed by atoms with Crippen LogP contribution < -0.4 is 5.32 Å². The molecular formula is C15H18BrN3O3. The smallest absolute Gasteiger partial charge is 0.326 e. The van der Waals surface area contributed by atoms with Gasteiger partial charge in [0.15, 0.2) is 5.65 Å². The first-order valence-corrected chi connectivity index (χ1v) is 7.70. The molecule has 0 spiro atoms. The van der Waals surface area contributed by atoms with E-state index in [2.05, 4.69) is 26.2 Å². The van der Waals surface area contributed by atoms with Crippen molar-refractivity contribution < 1.29 is 14.7 Å². The fourth-order valence-corrected chi connectivity index (χ4v) is 2.98. The lowest BCUT2D eigenvalue weighted by Crippen LogP contribution is -2.44. The van der Waals surface area contributed by atoms with Gasteiger partial charge in [-0.25, -0.2) is 9.78 Å². The lowest BCUT2D eigenvalue weighted by atomic mass is 10.0. The number of aliphatic carboxylic acids is 1. The highest BCUT2D eigenvalue weighted by atomic mass is 79.9. The first-order valence-electron chi connectivity index (χ1n) is 6.90. The number of fused-ring (bicyclic) bond motifs is 1. The maximum Gasteiger partial charge on any atom is 0.326 e. The number of hydrogen-bond donors (Lipinski definition) is 2. The molecule has 22 heavy (non-hydrogen) atoms. The summed E-state index contributed by atoms with van der Waals surface area (Å²) < 4.78 is 2.47. The van der Waals surface area contributed by atoms with Crippen LogP contribution in [-0.2, 0) is 4.79 Å². The molecule has 1 atom stereocenters. The zero-order valence-corrected chi connectivity index (χ0v) is 14.4. The second-order valence-corrected chi connectivity index (χ2v) is 6.49. The lowest BCUT2D eigenvalue weighted by Gasteiger charge is -2.18. The monoisotopic (exact) mass is 367 g/mol. The Morgan fingerprint density at radius 1 is 1.36 bits per heavy atom. The van der Waals surface area contributed by atoms with Gasteiger partial charge < -0.3 is 10.4 Å². The van der Waals surface area contributed by atoms with Crippen LogP contribution in [-0.4, -0.2) is 32.4 Å². The van der Waals surface area contributed by atoms with Crippen molar-refractivity contribution in [3.8, 4) is 0 Å². The second kappa shape index (κ2) is 6.08. The van der Waals surface area contributed by atoms with Crippen molar-refractivity contribution in [2.75, 3.05) is 0 Å². The van der Waals surface area contributed by atoms with Gasteiger partial charge in [-0.2, -0.15) is 0 Å². The third-order valence-corrected chi connectivity index (χ3v) is 4.00. The Morgan fingerprint density at radius 3 is 2.55 bits per heavy atom. The van der Waals surface area contributed by atoms with Crippen molar-refractivity contribution in [2.24, 2.45) is 5.92 Å². The summed E-state index contributed by atoms with van der Waals surface area (Å²) in [6.45, 7) is 7.15. The molecule has 0 aromatic carbocycles. The van der Waals surface area contributed by atoms with Gasteiger partial charge in [0.05, 0.1) is 10.2 Å². The van der Waals surface area contributed by atoms with Crippen LogP contribution in [0.3, 0.4) is 0 Å². The molecule has 0 aliphatic heterocycles. The van der Waals surface area contributed by atoms with Crippen LogP contribution in [0, 0.1) is 19.8 Å². The number of amides is 1. The van der Waals surface area contributed by atoms with Crippen LogP contribution in [0.5, 0.6) is 0 Å². The molecule has 2 aromatic rings. The van der Waals surface area contributed by atoms with E-state index in [0.29, 0.717) is 17.0 Å². The number of hydrogen-bond acceptors (Lipinski definition) is 3. The minimum Gasteiger partial charge on any atom is -0.480 e. The maximum absolute atomic E-state index is 12.5. The zero-order chi connectivity index (χ0) is 16.6. The van der Waals surface area contributed by atoms with Crippen LogP contribution in [0.4, 0.5) is 0 Å². The van der Waals surface area contributed by atoms with Crippen LogP contribution in [0.25, 0.3) is 5.65 Å². The van der Waals surface area contributed by atoms with Crippen LogP contribution in [0.1, 0.15) is 35.6 Å². The van der Waals surface area contributed by atoms with Gasteiger partial charge in [0.2, 0.25) is 0 Å². The Labute approximate surface area is 136 Å². The van der Waals surface area contributed by atoms with Crippen molar-refractivity contribution in [2.45, 2.75) is 33.7 Å². The lowest BCUT2D eigenvalue weighted by molar-refractivity contribution is -0.140. The van der Waals surface area contributed by atoms with E-state index in [0.717, 1.165) is 10.0 Å². The molecule has 0 fully saturated rings. The Hall–Kier alpha value is -1.89. The molecule has 0 aliphatic carbocycles. The van der Waals surface area contributed by atoms with Crippen molar-refractivity contribution in [1.82, 2.24) is 14.7 Å². The van der Waals surface area contributed by atoms with E-state index >= 15 is 0 Å². The molecule has 1 amide bonds. The highest BCUT2D eigenvalue weighted by Gasteiger charge is 2.26. The molecule has 0 bridgehead atoms. The summed E-state index contributed by atoms with van der Waals surface area (Å²) in [5, 5.41) is 11.8. The van der Waals surface area contributed by atoms with Gasteiger partial charge in [-0.05, 0) is 47.3 Å². The van der Waals surface area contributed by atoms with E-state index in [1.165, 1.54) is 0 Å². The largest absolute Gasteiger partial charge is 0.480 e. The van der Waals surface area contributed by atoms with E-state index in [1.54, 1.807) is 31.4 Å². The Bertz CT molecular complexity index is 752. The predicted molar refractivity (Wildman–Crippen MR) is 86.1 cm³/mol. The maximum atomic E-state index is 12.5. The summed E-state index contributed by atoms with van der Waals surface area (Å²) in [6, 6.07) is 0.975. The Balaban J connectivity index is 2.48. The van der Waals surface area contributed by atoms with E-state index in [9.17, 15) is 14.7 Å². The third kappa shape index (κ3) is 2.99. The minimum atomic E-state index is -1.05. The number of carboxylic acid groups (broad SMARTS) is 1. The normalized spacial score (nSPS) is 12.6. The number of pyridine rings is 1. The second-order valence-electron chi connectivity index (χ2n) is 5.64. The van der Waals surface area contributed by atoms with E-state index < -0.39 is 17.9 Å². The first kappa shape index (κ1) is 16.5. The van der Waals surface area contributed by atoms with Gasteiger partial charge in [0.25, 0.3) is 5.91 Å². The van der Waals surface area contributed by atoms with Gasteiger partial charge in [-0.15, -0.1) is 0 Å². The number of carbonyl (C=O) groups is 2. The number of carboxylic acids is 1. The van der Waals surface area contributed by atoms with Crippen molar-refractivity contribution in [3.05, 3.63) is 33.7 Å². The number of nitrogens with one attached hydrogen (secondary N) is 1. The molecule has 0 radical (unpaired) electrons. The third-order valence-electron chi connectivity index (χ3n) is 3.42. The van der Waals surface area contributed by atoms with Gasteiger partial charge in [0.1, 0.15) is 11.7 Å². The number of rotatable bonds is 4.